The highest BCUT2D eigenvalue weighted by atomic mass is 16.5. The Hall–Kier alpha value is -3.04. The highest BCUT2D eigenvalue weighted by Gasteiger charge is 2.26. The van der Waals surface area contributed by atoms with Gasteiger partial charge in [-0.1, -0.05) is 26.0 Å². The van der Waals surface area contributed by atoms with Gasteiger partial charge >= 0.3 is 0 Å². The Bertz CT molecular complexity index is 1310. The van der Waals surface area contributed by atoms with E-state index in [2.05, 4.69) is 46.3 Å². The van der Waals surface area contributed by atoms with Crippen molar-refractivity contribution in [2.75, 3.05) is 44.3 Å². The number of nitrogens with one attached hydrogen (secondary N) is 1. The number of rotatable bonds is 5. The van der Waals surface area contributed by atoms with Gasteiger partial charge in [0.25, 0.3) is 0 Å². The number of benzene rings is 1. The Morgan fingerprint density at radius 2 is 1.85 bits per heavy atom. The zero-order chi connectivity index (χ0) is 22.5. The molecular weight excluding hydrogens is 416 g/mol. The first-order valence-corrected chi connectivity index (χ1v) is 11.8. The smallest absolute Gasteiger partial charge is 0.239 e. The number of ether oxygens (including phenoxy) is 1. The van der Waals surface area contributed by atoms with Crippen molar-refractivity contribution in [3.05, 3.63) is 35.9 Å². The van der Waals surface area contributed by atoms with Crippen molar-refractivity contribution in [2.24, 2.45) is 13.0 Å². The first-order valence-electron chi connectivity index (χ1n) is 11.8. The molecule has 0 atom stereocenters. The number of anilines is 1. The van der Waals surface area contributed by atoms with Crippen molar-refractivity contribution in [1.29, 1.82) is 0 Å². The first kappa shape index (κ1) is 20.6. The summed E-state index contributed by atoms with van der Waals surface area (Å²) in [4.78, 5) is 22.5. The number of morpholine rings is 1. The number of hydrogen-bond acceptors (Lipinski definition) is 7. The van der Waals surface area contributed by atoms with Crippen molar-refractivity contribution < 1.29 is 4.74 Å². The van der Waals surface area contributed by atoms with Gasteiger partial charge in [-0.2, -0.15) is 9.97 Å². The van der Waals surface area contributed by atoms with Gasteiger partial charge in [-0.3, -0.25) is 4.57 Å². The predicted molar refractivity (Wildman–Crippen MR) is 128 cm³/mol. The van der Waals surface area contributed by atoms with E-state index < -0.39 is 0 Å². The zero-order valence-electron chi connectivity index (χ0n) is 19.5. The topological polar surface area (TPSA) is 85.9 Å². The molecule has 0 amide bonds. The van der Waals surface area contributed by atoms with Crippen LogP contribution in [0.15, 0.2) is 24.3 Å². The van der Waals surface area contributed by atoms with Gasteiger partial charge in [0.1, 0.15) is 11.6 Å². The maximum Gasteiger partial charge on any atom is 0.239 e. The molecule has 9 heteroatoms. The van der Waals surface area contributed by atoms with E-state index in [0.29, 0.717) is 25.1 Å². The molecule has 2 saturated heterocycles. The molecule has 172 valence electrons. The van der Waals surface area contributed by atoms with Crippen LogP contribution in [0.25, 0.3) is 28.1 Å². The molecule has 9 nitrogen and oxygen atoms in total. The minimum absolute atomic E-state index is 0.233. The fraction of sp³-hybridized carbons (Fsp3) is 0.500. The molecule has 0 radical (unpaired) electrons. The minimum Gasteiger partial charge on any atom is -0.378 e. The lowest BCUT2D eigenvalue weighted by Gasteiger charge is -2.28. The first-order chi connectivity index (χ1) is 16.1. The highest BCUT2D eigenvalue weighted by molar-refractivity contribution is 5.86. The Morgan fingerprint density at radius 3 is 2.58 bits per heavy atom. The average molecular weight is 447 g/mol. The second kappa shape index (κ2) is 8.07. The van der Waals surface area contributed by atoms with E-state index in [1.54, 1.807) is 0 Å². The Morgan fingerprint density at radius 1 is 1.06 bits per heavy atom. The Balaban J connectivity index is 1.58. The molecule has 5 heterocycles. The molecule has 0 bridgehead atoms. The molecule has 2 fully saturated rings. The highest BCUT2D eigenvalue weighted by Crippen LogP contribution is 2.30. The summed E-state index contributed by atoms with van der Waals surface area (Å²) in [5.41, 5.74) is 3.73. The van der Waals surface area contributed by atoms with Crippen LogP contribution in [0.5, 0.6) is 0 Å². The number of aryl methyl sites for hydroxylation is 1. The third-order valence-corrected chi connectivity index (χ3v) is 6.73. The summed E-state index contributed by atoms with van der Waals surface area (Å²) in [5.74, 6) is 4.44. The number of hydrogen-bond donors (Lipinski definition) is 1. The fourth-order valence-electron chi connectivity index (χ4n) is 4.75. The average Bonchev–Trinajstić information content (AvgIpc) is 3.34. The van der Waals surface area contributed by atoms with Crippen molar-refractivity contribution in [3.63, 3.8) is 0 Å². The summed E-state index contributed by atoms with van der Waals surface area (Å²) in [6.45, 7) is 9.41. The summed E-state index contributed by atoms with van der Waals surface area (Å²) in [7, 11) is 2.08. The number of nitrogens with zero attached hydrogens (tertiary/aromatic N) is 7. The lowest BCUT2D eigenvalue weighted by Crippen LogP contribution is -2.43. The van der Waals surface area contributed by atoms with Crippen molar-refractivity contribution in [2.45, 2.75) is 26.2 Å². The third kappa shape index (κ3) is 3.46. The molecule has 0 saturated carbocycles. The quantitative estimate of drug-likeness (QED) is 0.504. The molecule has 0 unspecified atom stereocenters. The van der Waals surface area contributed by atoms with Gasteiger partial charge in [-0.25, -0.2) is 9.97 Å². The maximum absolute atomic E-state index is 5.61. The van der Waals surface area contributed by atoms with E-state index in [1.807, 2.05) is 18.2 Å². The molecule has 3 aromatic heterocycles. The van der Waals surface area contributed by atoms with E-state index in [9.17, 15) is 0 Å². The molecule has 33 heavy (non-hydrogen) atoms. The van der Waals surface area contributed by atoms with Crippen molar-refractivity contribution in [1.82, 2.24) is 34.4 Å². The summed E-state index contributed by atoms with van der Waals surface area (Å²) >= 11 is 0. The monoisotopic (exact) mass is 446 g/mol. The molecule has 2 aliphatic heterocycles. The Labute approximate surface area is 192 Å². The van der Waals surface area contributed by atoms with Gasteiger partial charge in [0.15, 0.2) is 17.0 Å². The summed E-state index contributed by atoms with van der Waals surface area (Å²) in [6, 6.07) is 8.21. The van der Waals surface area contributed by atoms with E-state index in [4.69, 9.17) is 24.7 Å². The van der Waals surface area contributed by atoms with Gasteiger partial charge in [-0.15, -0.1) is 0 Å². The number of para-hydroxylation sites is 2. The van der Waals surface area contributed by atoms with Gasteiger partial charge in [-0.05, 0) is 31.1 Å². The van der Waals surface area contributed by atoms with E-state index in [1.165, 1.54) is 0 Å². The van der Waals surface area contributed by atoms with Crippen LogP contribution in [-0.2, 0) is 18.2 Å². The molecule has 4 aromatic rings. The van der Waals surface area contributed by atoms with E-state index in [-0.39, 0.29) is 5.92 Å². The SMILES string of the molecule is CC(C)c1nc2ccccc2n1-c1nc(N2CCOCC2)c2nc(CC3CNC3)n(C)c2n1. The van der Waals surface area contributed by atoms with E-state index >= 15 is 0 Å². The second-order valence-electron chi connectivity index (χ2n) is 9.38. The minimum atomic E-state index is 0.233. The lowest BCUT2D eigenvalue weighted by molar-refractivity contribution is 0.122. The van der Waals surface area contributed by atoms with Crippen LogP contribution in [0.2, 0.25) is 0 Å². The molecule has 2 aliphatic rings. The van der Waals surface area contributed by atoms with Crippen molar-refractivity contribution >= 4 is 28.0 Å². The van der Waals surface area contributed by atoms with Crippen LogP contribution in [0.1, 0.15) is 31.4 Å². The van der Waals surface area contributed by atoms with Gasteiger partial charge in [0, 0.05) is 32.5 Å². The molecule has 0 spiro atoms. The normalized spacial score (nSPS) is 17.4. The van der Waals surface area contributed by atoms with Crippen LogP contribution >= 0.6 is 0 Å². The fourth-order valence-corrected chi connectivity index (χ4v) is 4.75. The molecule has 1 N–H and O–H groups in total. The predicted octanol–water partition coefficient (Wildman–Crippen LogP) is 2.42. The molecular formula is C24H30N8O. The molecule has 1 aromatic carbocycles. The number of imidazole rings is 2. The third-order valence-electron chi connectivity index (χ3n) is 6.73. The lowest BCUT2D eigenvalue weighted by atomic mass is 9.99. The van der Waals surface area contributed by atoms with Gasteiger partial charge in [0.05, 0.1) is 24.2 Å². The Kier molecular flexibility index (Phi) is 5.03. The summed E-state index contributed by atoms with van der Waals surface area (Å²) < 4.78 is 9.88. The molecule has 0 aliphatic carbocycles. The second-order valence-corrected chi connectivity index (χ2v) is 9.38. The zero-order valence-corrected chi connectivity index (χ0v) is 19.5. The number of aromatic nitrogens is 6. The van der Waals surface area contributed by atoms with Crippen LogP contribution in [0.3, 0.4) is 0 Å². The van der Waals surface area contributed by atoms with Crippen LogP contribution in [-0.4, -0.2) is 68.5 Å². The van der Waals surface area contributed by atoms with Crippen LogP contribution < -0.4 is 10.2 Å². The van der Waals surface area contributed by atoms with Gasteiger partial charge < -0.3 is 19.5 Å². The van der Waals surface area contributed by atoms with Crippen molar-refractivity contribution in [3.8, 4) is 5.95 Å². The number of fused-ring (bicyclic) bond motifs is 2. The summed E-state index contributed by atoms with van der Waals surface area (Å²) in [5, 5.41) is 3.36. The van der Waals surface area contributed by atoms with E-state index in [0.717, 1.165) is 72.3 Å². The largest absolute Gasteiger partial charge is 0.378 e. The molecule has 6 rings (SSSR count). The van der Waals surface area contributed by atoms with Crippen LogP contribution in [0.4, 0.5) is 5.82 Å². The maximum atomic E-state index is 5.61. The van der Waals surface area contributed by atoms with Crippen LogP contribution in [0, 0.1) is 5.92 Å². The standard InChI is InChI=1S/C24H30N8O/c1-15(2)21-26-17-6-4-5-7-18(17)32(21)24-28-22-20(23(29-24)31-8-10-33-11-9-31)27-19(30(22)3)12-16-13-25-14-16/h4-7,15-16,25H,8-14H2,1-3H3. The van der Waals surface area contributed by atoms with Gasteiger partial charge in [0.2, 0.25) is 5.95 Å². The summed E-state index contributed by atoms with van der Waals surface area (Å²) in [6.07, 6.45) is 0.947.